The molecule has 0 atom stereocenters. The van der Waals surface area contributed by atoms with E-state index >= 15 is 0 Å². The molecule has 2 aliphatic rings. The van der Waals surface area contributed by atoms with Gasteiger partial charge in [-0.3, -0.25) is 9.47 Å². The van der Waals surface area contributed by atoms with Gasteiger partial charge in [0.1, 0.15) is 0 Å². The van der Waals surface area contributed by atoms with Crippen molar-refractivity contribution >= 4 is 11.0 Å². The Hall–Kier alpha value is -1.59. The predicted molar refractivity (Wildman–Crippen MR) is 109 cm³/mol. The average Bonchev–Trinajstić information content (AvgIpc) is 2.99. The number of nitrogens with zero attached hydrogens (tertiary/aromatic N) is 2. The lowest BCUT2D eigenvalue weighted by molar-refractivity contribution is -0.0273. The number of aromatic nitrogens is 2. The molecule has 2 heterocycles. The zero-order chi connectivity index (χ0) is 19.0. The number of H-pyrrole nitrogens is 1. The minimum absolute atomic E-state index is 0.0393. The van der Waals surface area contributed by atoms with Crippen LogP contribution in [0.2, 0.25) is 0 Å². The van der Waals surface area contributed by atoms with Crippen LogP contribution in [-0.4, -0.2) is 45.8 Å². The molecule has 0 radical (unpaired) electrons. The smallest absolute Gasteiger partial charge is 0.326 e. The van der Waals surface area contributed by atoms with Crippen LogP contribution in [0, 0.1) is 6.92 Å². The highest BCUT2D eigenvalue weighted by Gasteiger charge is 2.38. The second-order valence-electron chi connectivity index (χ2n) is 8.69. The normalized spacial score (nSPS) is 28.0. The van der Waals surface area contributed by atoms with Gasteiger partial charge in [-0.1, -0.05) is 6.07 Å². The van der Waals surface area contributed by atoms with Crippen molar-refractivity contribution in [3.05, 3.63) is 34.2 Å². The van der Waals surface area contributed by atoms with Crippen LogP contribution in [0.4, 0.5) is 0 Å². The summed E-state index contributed by atoms with van der Waals surface area (Å²) in [6.07, 6.45) is 7.32. The van der Waals surface area contributed by atoms with Gasteiger partial charge in [-0.15, -0.1) is 0 Å². The lowest BCUT2D eigenvalue weighted by Crippen LogP contribution is -2.53. The van der Waals surface area contributed by atoms with Gasteiger partial charge in [0, 0.05) is 31.3 Å². The Morgan fingerprint density at radius 3 is 2.56 bits per heavy atom. The fourth-order valence-corrected chi connectivity index (χ4v) is 5.19. The topological polar surface area (TPSA) is 50.3 Å². The SMILES string of the molecule is CCO[C@H]1CC[C@](C)(N2CCC(n3c(=O)[nH]c4ccc(C)cc43)CC2)CC1. The molecule has 1 aliphatic heterocycles. The molecule has 4 rings (SSSR count). The van der Waals surface area contributed by atoms with Crippen LogP contribution in [0.5, 0.6) is 0 Å². The Kier molecular flexibility index (Phi) is 5.17. The van der Waals surface area contributed by atoms with E-state index in [1.807, 2.05) is 10.6 Å². The second kappa shape index (κ2) is 7.44. The van der Waals surface area contributed by atoms with E-state index in [0.29, 0.717) is 17.7 Å². The van der Waals surface area contributed by atoms with Crippen molar-refractivity contribution in [2.75, 3.05) is 19.7 Å². The van der Waals surface area contributed by atoms with Crippen molar-refractivity contribution in [1.29, 1.82) is 0 Å². The van der Waals surface area contributed by atoms with Gasteiger partial charge in [-0.05, 0) is 77.0 Å². The molecule has 2 fully saturated rings. The van der Waals surface area contributed by atoms with Crippen molar-refractivity contribution in [2.45, 2.75) is 77.0 Å². The quantitative estimate of drug-likeness (QED) is 0.883. The molecule has 1 saturated carbocycles. The summed E-state index contributed by atoms with van der Waals surface area (Å²) in [6, 6.07) is 6.52. The van der Waals surface area contributed by atoms with Crippen LogP contribution in [0.25, 0.3) is 11.0 Å². The molecule has 0 amide bonds. The summed E-state index contributed by atoms with van der Waals surface area (Å²) in [6.45, 7) is 9.58. The van der Waals surface area contributed by atoms with Crippen LogP contribution >= 0.6 is 0 Å². The molecule has 1 aliphatic carbocycles. The first kappa shape index (κ1) is 18.8. The second-order valence-corrected chi connectivity index (χ2v) is 8.69. The monoisotopic (exact) mass is 371 g/mol. The summed E-state index contributed by atoms with van der Waals surface area (Å²) in [5, 5.41) is 0. The number of fused-ring (bicyclic) bond motifs is 1. The van der Waals surface area contributed by atoms with Crippen molar-refractivity contribution in [3.8, 4) is 0 Å². The van der Waals surface area contributed by atoms with Gasteiger partial charge < -0.3 is 9.72 Å². The summed E-state index contributed by atoms with van der Waals surface area (Å²) >= 11 is 0. The molecule has 5 heteroatoms. The van der Waals surface area contributed by atoms with Crippen molar-refractivity contribution in [3.63, 3.8) is 0 Å². The number of nitrogens with one attached hydrogen (secondary N) is 1. The largest absolute Gasteiger partial charge is 0.379 e. The predicted octanol–water partition coefficient (Wildman–Crippen LogP) is 4.01. The molecule has 27 heavy (non-hydrogen) atoms. The van der Waals surface area contributed by atoms with E-state index in [1.165, 1.54) is 31.2 Å². The number of rotatable bonds is 4. The number of imidazole rings is 1. The molecule has 1 aromatic carbocycles. The van der Waals surface area contributed by atoms with Gasteiger partial charge in [-0.2, -0.15) is 0 Å². The lowest BCUT2D eigenvalue weighted by atomic mass is 9.79. The first-order chi connectivity index (χ1) is 13.0. The number of likely N-dealkylation sites (tertiary alicyclic amines) is 1. The Bertz CT molecular complexity index is 837. The molecule has 5 nitrogen and oxygen atoms in total. The summed E-state index contributed by atoms with van der Waals surface area (Å²) in [7, 11) is 0. The summed E-state index contributed by atoms with van der Waals surface area (Å²) in [4.78, 5) is 18.3. The molecule has 1 saturated heterocycles. The molecule has 2 aromatic rings. The van der Waals surface area contributed by atoms with Gasteiger partial charge in [0.05, 0.1) is 17.1 Å². The molecule has 1 aromatic heterocycles. The van der Waals surface area contributed by atoms with Gasteiger partial charge in [-0.25, -0.2) is 4.79 Å². The van der Waals surface area contributed by atoms with E-state index in [0.717, 1.165) is 43.6 Å². The molecule has 0 bridgehead atoms. The fourth-order valence-electron chi connectivity index (χ4n) is 5.19. The molecular formula is C22H33N3O2. The van der Waals surface area contributed by atoms with E-state index in [1.54, 1.807) is 0 Å². The average molecular weight is 372 g/mol. The Morgan fingerprint density at radius 1 is 1.19 bits per heavy atom. The van der Waals surface area contributed by atoms with Crippen LogP contribution in [-0.2, 0) is 4.74 Å². The fraction of sp³-hybridized carbons (Fsp3) is 0.682. The van der Waals surface area contributed by atoms with Crippen LogP contribution in [0.15, 0.2) is 23.0 Å². The molecule has 0 spiro atoms. The van der Waals surface area contributed by atoms with Gasteiger partial charge in [0.15, 0.2) is 0 Å². The van der Waals surface area contributed by atoms with E-state index in [-0.39, 0.29) is 5.69 Å². The zero-order valence-corrected chi connectivity index (χ0v) is 17.0. The van der Waals surface area contributed by atoms with E-state index in [4.69, 9.17) is 4.74 Å². The third-order valence-electron chi connectivity index (χ3n) is 6.88. The standard InChI is InChI=1S/C22H33N3O2/c1-4-27-18-7-11-22(3,12-8-18)24-13-9-17(10-14-24)25-20-15-16(2)5-6-19(20)23-21(25)26/h5-6,15,17-18H,4,7-14H2,1-3H3,(H,23,26)/t18-,22-. The number of aryl methyl sites for hydroxylation is 1. The number of hydrogen-bond donors (Lipinski definition) is 1. The first-order valence-electron chi connectivity index (χ1n) is 10.6. The third kappa shape index (κ3) is 3.59. The lowest BCUT2D eigenvalue weighted by Gasteiger charge is -2.48. The Morgan fingerprint density at radius 2 is 1.89 bits per heavy atom. The number of aromatic amines is 1. The molecule has 148 valence electrons. The Labute approximate surface area is 161 Å². The van der Waals surface area contributed by atoms with Crippen LogP contribution in [0.3, 0.4) is 0 Å². The molecular weight excluding hydrogens is 338 g/mol. The number of ether oxygens (including phenoxy) is 1. The maximum Gasteiger partial charge on any atom is 0.326 e. The van der Waals surface area contributed by atoms with E-state index in [9.17, 15) is 4.79 Å². The van der Waals surface area contributed by atoms with Crippen molar-refractivity contribution in [2.24, 2.45) is 0 Å². The number of piperidine rings is 1. The summed E-state index contributed by atoms with van der Waals surface area (Å²) < 4.78 is 7.84. The van der Waals surface area contributed by atoms with Crippen molar-refractivity contribution in [1.82, 2.24) is 14.5 Å². The molecule has 0 unspecified atom stereocenters. The zero-order valence-electron chi connectivity index (χ0n) is 17.0. The van der Waals surface area contributed by atoms with E-state index < -0.39 is 0 Å². The molecule has 1 N–H and O–H groups in total. The van der Waals surface area contributed by atoms with Gasteiger partial charge in [0.2, 0.25) is 0 Å². The van der Waals surface area contributed by atoms with E-state index in [2.05, 4.69) is 42.8 Å². The maximum absolute atomic E-state index is 12.6. The highest BCUT2D eigenvalue weighted by atomic mass is 16.5. The van der Waals surface area contributed by atoms with Crippen molar-refractivity contribution < 1.29 is 4.74 Å². The summed E-state index contributed by atoms with van der Waals surface area (Å²) in [5.74, 6) is 0. The third-order valence-corrected chi connectivity index (χ3v) is 6.88. The van der Waals surface area contributed by atoms with Crippen LogP contribution in [0.1, 0.15) is 64.0 Å². The van der Waals surface area contributed by atoms with Gasteiger partial charge >= 0.3 is 5.69 Å². The van der Waals surface area contributed by atoms with Crippen LogP contribution < -0.4 is 5.69 Å². The van der Waals surface area contributed by atoms with Gasteiger partial charge in [0.25, 0.3) is 0 Å². The Balaban J connectivity index is 1.45. The number of benzene rings is 1. The highest BCUT2D eigenvalue weighted by molar-refractivity contribution is 5.76. The number of hydrogen-bond acceptors (Lipinski definition) is 3. The first-order valence-corrected chi connectivity index (χ1v) is 10.6. The minimum atomic E-state index is 0.0393. The minimum Gasteiger partial charge on any atom is -0.379 e. The maximum atomic E-state index is 12.6. The highest BCUT2D eigenvalue weighted by Crippen LogP contribution is 2.38. The summed E-state index contributed by atoms with van der Waals surface area (Å²) in [5.41, 5.74) is 3.54.